The maximum absolute atomic E-state index is 12.6. The van der Waals surface area contributed by atoms with Gasteiger partial charge in [0.25, 0.3) is 5.56 Å². The molecule has 1 aromatic carbocycles. The van der Waals surface area contributed by atoms with E-state index in [2.05, 4.69) is 15.4 Å². The molecule has 7 heteroatoms. The summed E-state index contributed by atoms with van der Waals surface area (Å²) >= 11 is 0. The number of anilines is 1. The molecule has 0 spiro atoms. The Balaban J connectivity index is 1.96. The summed E-state index contributed by atoms with van der Waals surface area (Å²) in [4.78, 5) is 29.7. The van der Waals surface area contributed by atoms with Crippen molar-refractivity contribution in [2.24, 2.45) is 0 Å². The molecular weight excluding hydrogens is 342 g/mol. The lowest BCUT2D eigenvalue weighted by atomic mass is 10.2. The van der Waals surface area contributed by atoms with Crippen molar-refractivity contribution in [1.82, 2.24) is 19.3 Å². The second kappa shape index (κ2) is 7.57. The topological polar surface area (TPSA) is 81.8 Å². The quantitative estimate of drug-likeness (QED) is 0.753. The number of nitrogens with zero attached hydrogens (tertiary/aromatic N) is 4. The molecule has 0 bridgehead atoms. The van der Waals surface area contributed by atoms with Crippen molar-refractivity contribution in [2.75, 3.05) is 5.32 Å². The Morgan fingerprint density at radius 3 is 2.41 bits per heavy atom. The van der Waals surface area contributed by atoms with Crippen LogP contribution in [-0.4, -0.2) is 25.2 Å². The molecule has 7 nitrogen and oxygen atoms in total. The first kappa shape index (κ1) is 18.6. The molecule has 0 aliphatic rings. The minimum absolute atomic E-state index is 0.141. The first-order valence-electron chi connectivity index (χ1n) is 8.88. The predicted octanol–water partition coefficient (Wildman–Crippen LogP) is 2.56. The van der Waals surface area contributed by atoms with Gasteiger partial charge >= 0.3 is 0 Å². The molecule has 0 atom stereocenters. The Hall–Kier alpha value is -3.22. The fourth-order valence-corrected chi connectivity index (χ4v) is 2.84. The van der Waals surface area contributed by atoms with Gasteiger partial charge < -0.3 is 5.32 Å². The van der Waals surface area contributed by atoms with E-state index in [0.29, 0.717) is 23.8 Å². The van der Waals surface area contributed by atoms with Gasteiger partial charge in [-0.15, -0.1) is 0 Å². The highest BCUT2D eigenvalue weighted by Gasteiger charge is 2.16. The first-order chi connectivity index (χ1) is 12.9. The minimum atomic E-state index is -0.296. The molecule has 27 heavy (non-hydrogen) atoms. The van der Waals surface area contributed by atoms with E-state index in [1.54, 1.807) is 4.68 Å². The number of nitrogens with one attached hydrogen (secondary N) is 1. The summed E-state index contributed by atoms with van der Waals surface area (Å²) in [6.07, 6.45) is 0.623. The van der Waals surface area contributed by atoms with Crippen LogP contribution in [-0.2, 0) is 17.8 Å². The molecule has 1 N–H and O–H groups in total. The molecule has 0 fully saturated rings. The molecule has 3 aromatic rings. The summed E-state index contributed by atoms with van der Waals surface area (Å²) < 4.78 is 2.96. The van der Waals surface area contributed by atoms with E-state index in [0.717, 1.165) is 17.0 Å². The van der Waals surface area contributed by atoms with Gasteiger partial charge in [-0.1, -0.05) is 24.6 Å². The molecule has 0 saturated carbocycles. The first-order valence-corrected chi connectivity index (χ1v) is 8.88. The lowest BCUT2D eigenvalue weighted by Crippen LogP contribution is -2.32. The maximum Gasteiger partial charge on any atom is 0.255 e. The lowest BCUT2D eigenvalue weighted by molar-refractivity contribution is -0.116. The number of aromatic nitrogens is 4. The van der Waals surface area contributed by atoms with Crippen LogP contribution >= 0.6 is 0 Å². The molecule has 3 rings (SSSR count). The van der Waals surface area contributed by atoms with Gasteiger partial charge in [0, 0.05) is 23.1 Å². The second-order valence-corrected chi connectivity index (χ2v) is 6.58. The van der Waals surface area contributed by atoms with E-state index in [-0.39, 0.29) is 18.0 Å². The van der Waals surface area contributed by atoms with E-state index >= 15 is 0 Å². The molecule has 0 unspecified atom stereocenters. The molecule has 140 valence electrons. The SMILES string of the molecule is CCc1cc(=O)n(CC(=O)Nc2ccc(C)cc2)c(-n2nc(C)cc2C)n1. The highest BCUT2D eigenvalue weighted by atomic mass is 16.2. The van der Waals surface area contributed by atoms with Crippen LogP contribution in [0.5, 0.6) is 0 Å². The van der Waals surface area contributed by atoms with Crippen LogP contribution in [0, 0.1) is 20.8 Å². The van der Waals surface area contributed by atoms with E-state index in [1.807, 2.05) is 58.0 Å². The van der Waals surface area contributed by atoms with Gasteiger partial charge in [0.2, 0.25) is 11.9 Å². The lowest BCUT2D eigenvalue weighted by Gasteiger charge is -2.14. The standard InChI is InChI=1S/C20H23N5O2/c1-5-16-11-19(27)24(20(22-16)25-15(4)10-14(3)23-25)12-18(26)21-17-8-6-13(2)7-9-17/h6-11H,5,12H2,1-4H3,(H,21,26). The summed E-state index contributed by atoms with van der Waals surface area (Å²) in [5, 5.41) is 7.24. The zero-order valence-electron chi connectivity index (χ0n) is 16.0. The second-order valence-electron chi connectivity index (χ2n) is 6.58. The van der Waals surface area contributed by atoms with Crippen molar-refractivity contribution < 1.29 is 4.79 Å². The van der Waals surface area contributed by atoms with Crippen LogP contribution in [0.3, 0.4) is 0 Å². The van der Waals surface area contributed by atoms with E-state index in [1.165, 1.54) is 10.6 Å². The molecule has 2 aromatic heterocycles. The molecule has 2 heterocycles. The van der Waals surface area contributed by atoms with Crippen molar-refractivity contribution in [3.05, 3.63) is 69.4 Å². The van der Waals surface area contributed by atoms with Gasteiger partial charge in [0.05, 0.1) is 5.69 Å². The molecule has 0 radical (unpaired) electrons. The van der Waals surface area contributed by atoms with Gasteiger partial charge in [0.1, 0.15) is 6.54 Å². The number of hydrogen-bond acceptors (Lipinski definition) is 4. The Morgan fingerprint density at radius 1 is 1.11 bits per heavy atom. The third-order valence-corrected chi connectivity index (χ3v) is 4.24. The van der Waals surface area contributed by atoms with E-state index in [9.17, 15) is 9.59 Å². The van der Waals surface area contributed by atoms with Gasteiger partial charge in [-0.05, 0) is 45.4 Å². The zero-order valence-corrected chi connectivity index (χ0v) is 16.0. The average Bonchev–Trinajstić information content (AvgIpc) is 2.96. The summed E-state index contributed by atoms with van der Waals surface area (Å²) in [5.41, 5.74) is 3.85. The number of aryl methyl sites for hydroxylation is 4. The number of rotatable bonds is 5. The monoisotopic (exact) mass is 365 g/mol. The van der Waals surface area contributed by atoms with Crippen molar-refractivity contribution in [1.29, 1.82) is 0 Å². The smallest absolute Gasteiger partial charge is 0.255 e. The highest BCUT2D eigenvalue weighted by Crippen LogP contribution is 2.11. The highest BCUT2D eigenvalue weighted by molar-refractivity contribution is 5.90. The molecule has 0 aliphatic heterocycles. The van der Waals surface area contributed by atoms with Crippen molar-refractivity contribution in [3.63, 3.8) is 0 Å². The predicted molar refractivity (Wildman–Crippen MR) is 104 cm³/mol. The summed E-state index contributed by atoms with van der Waals surface area (Å²) in [7, 11) is 0. The minimum Gasteiger partial charge on any atom is -0.325 e. The molecular formula is C20H23N5O2. The molecule has 1 amide bonds. The Bertz CT molecular complexity index is 1030. The van der Waals surface area contributed by atoms with Crippen LogP contribution in [0.2, 0.25) is 0 Å². The van der Waals surface area contributed by atoms with Gasteiger partial charge in [-0.25, -0.2) is 9.67 Å². The third kappa shape index (κ3) is 4.13. The van der Waals surface area contributed by atoms with Gasteiger partial charge in [0.15, 0.2) is 0 Å². The zero-order chi connectivity index (χ0) is 19.6. The Kier molecular flexibility index (Phi) is 5.21. The fraction of sp³-hybridized carbons (Fsp3) is 0.300. The van der Waals surface area contributed by atoms with Crippen LogP contribution in [0.1, 0.15) is 29.6 Å². The number of hydrogen-bond donors (Lipinski definition) is 1. The number of carbonyl (C=O) groups is 1. The van der Waals surface area contributed by atoms with Crippen LogP contribution < -0.4 is 10.9 Å². The Labute approximate surface area is 157 Å². The average molecular weight is 365 g/mol. The van der Waals surface area contributed by atoms with Crippen LogP contribution in [0.4, 0.5) is 5.69 Å². The van der Waals surface area contributed by atoms with Crippen molar-refractivity contribution in [2.45, 2.75) is 40.7 Å². The molecule has 0 aliphatic carbocycles. The number of amides is 1. The van der Waals surface area contributed by atoms with Gasteiger partial charge in [-0.2, -0.15) is 5.10 Å². The maximum atomic E-state index is 12.6. The van der Waals surface area contributed by atoms with Crippen molar-refractivity contribution >= 4 is 11.6 Å². The summed E-state index contributed by atoms with van der Waals surface area (Å²) in [5.74, 6) is 0.0544. The Morgan fingerprint density at radius 2 is 1.81 bits per heavy atom. The number of carbonyl (C=O) groups excluding carboxylic acids is 1. The summed E-state index contributed by atoms with van der Waals surface area (Å²) in [6, 6.07) is 10.9. The van der Waals surface area contributed by atoms with Gasteiger partial charge in [-0.3, -0.25) is 14.2 Å². The van der Waals surface area contributed by atoms with Crippen molar-refractivity contribution in [3.8, 4) is 5.95 Å². The largest absolute Gasteiger partial charge is 0.325 e. The fourth-order valence-electron chi connectivity index (χ4n) is 2.84. The van der Waals surface area contributed by atoms with Crippen LogP contribution in [0.15, 0.2) is 41.2 Å². The number of benzene rings is 1. The normalized spacial score (nSPS) is 10.8. The third-order valence-electron chi connectivity index (χ3n) is 4.24. The van der Waals surface area contributed by atoms with E-state index in [4.69, 9.17) is 0 Å². The van der Waals surface area contributed by atoms with Crippen LogP contribution in [0.25, 0.3) is 5.95 Å². The molecule has 0 saturated heterocycles. The van der Waals surface area contributed by atoms with E-state index < -0.39 is 0 Å². The summed E-state index contributed by atoms with van der Waals surface area (Å²) in [6.45, 7) is 7.53.